The molecule has 2 aliphatic rings. The Hall–Kier alpha value is -2.94. The van der Waals surface area contributed by atoms with E-state index in [9.17, 15) is 9.90 Å². The van der Waals surface area contributed by atoms with Crippen molar-refractivity contribution in [3.63, 3.8) is 0 Å². The molecule has 1 saturated heterocycles. The molecule has 35 heavy (non-hydrogen) atoms. The first-order chi connectivity index (χ1) is 16.9. The fourth-order valence-corrected chi connectivity index (χ4v) is 6.00. The van der Waals surface area contributed by atoms with E-state index in [4.69, 9.17) is 16.7 Å². The van der Waals surface area contributed by atoms with Crippen molar-refractivity contribution in [3.05, 3.63) is 58.4 Å². The van der Waals surface area contributed by atoms with Crippen LogP contribution in [0.2, 0.25) is 5.02 Å². The fourth-order valence-electron chi connectivity index (χ4n) is 4.80. The smallest absolute Gasteiger partial charge is 0.249 e. The topological polar surface area (TPSA) is 76.9 Å². The van der Waals surface area contributed by atoms with Crippen molar-refractivity contribution >= 4 is 51.0 Å². The highest BCUT2D eigenvalue weighted by Gasteiger charge is 2.27. The van der Waals surface area contributed by atoms with Gasteiger partial charge in [0.1, 0.15) is 16.3 Å². The Morgan fingerprint density at radius 3 is 2.74 bits per heavy atom. The monoisotopic (exact) mass is 513 g/mol. The Morgan fingerprint density at radius 1 is 1.23 bits per heavy atom. The maximum Gasteiger partial charge on any atom is 0.249 e. The number of aromatic hydroxyl groups is 1. The fraction of sp³-hybridized carbons (Fsp3) is 0.308. The van der Waals surface area contributed by atoms with Gasteiger partial charge in [0.25, 0.3) is 0 Å². The summed E-state index contributed by atoms with van der Waals surface area (Å²) >= 11 is 7.88. The number of piperazine rings is 1. The minimum atomic E-state index is -0.504. The molecule has 1 aromatic heterocycles. The molecule has 1 aliphatic carbocycles. The normalized spacial score (nSPS) is 15.5. The molecule has 182 valence electrons. The molecule has 0 saturated carbocycles. The van der Waals surface area contributed by atoms with E-state index in [0.29, 0.717) is 42.7 Å². The second kappa shape index (κ2) is 9.60. The summed E-state index contributed by atoms with van der Waals surface area (Å²) in [6.07, 6.45) is 5.90. The lowest BCUT2D eigenvalue weighted by Gasteiger charge is -2.35. The predicted octanol–water partition coefficient (Wildman–Crippen LogP) is 5.01. The van der Waals surface area contributed by atoms with Crippen molar-refractivity contribution in [1.29, 1.82) is 0 Å². The highest BCUT2D eigenvalue weighted by atomic mass is 35.5. The van der Waals surface area contributed by atoms with Crippen LogP contribution < -0.4 is 4.90 Å². The van der Waals surface area contributed by atoms with E-state index in [0.717, 1.165) is 29.0 Å². The van der Waals surface area contributed by atoms with Gasteiger partial charge in [-0.2, -0.15) is 4.37 Å². The van der Waals surface area contributed by atoms with Crippen molar-refractivity contribution in [2.45, 2.75) is 19.3 Å². The number of phenols is 1. The summed E-state index contributed by atoms with van der Waals surface area (Å²) in [5.74, 6) is -0.566. The number of aryl methyl sites for hydroxylation is 1. The molecule has 0 bridgehead atoms. The number of benzene rings is 2. The molecule has 0 unspecified atom stereocenters. The molecule has 2 heterocycles. The molecule has 6 nitrogen and oxygen atoms in total. The summed E-state index contributed by atoms with van der Waals surface area (Å²) in [7, 11) is 0. The molecule has 5 rings (SSSR count). The lowest BCUT2D eigenvalue weighted by molar-refractivity contribution is -0.127. The van der Waals surface area contributed by atoms with Crippen LogP contribution in [0.3, 0.4) is 0 Å². The van der Waals surface area contributed by atoms with Crippen LogP contribution in [0.15, 0.2) is 36.4 Å². The number of anilines is 1. The molecule has 2 aromatic carbocycles. The van der Waals surface area contributed by atoms with Crippen LogP contribution in [0.5, 0.6) is 5.75 Å². The van der Waals surface area contributed by atoms with Crippen molar-refractivity contribution < 1.29 is 19.4 Å². The number of aliphatic hydroxyl groups excluding tert-OH is 1. The van der Waals surface area contributed by atoms with Crippen LogP contribution in [0.1, 0.15) is 24.0 Å². The summed E-state index contributed by atoms with van der Waals surface area (Å²) in [6, 6.07) is 5.02. The maximum atomic E-state index is 15.9. The third kappa shape index (κ3) is 4.30. The van der Waals surface area contributed by atoms with E-state index >= 15 is 4.39 Å². The van der Waals surface area contributed by atoms with E-state index in [1.165, 1.54) is 11.5 Å². The van der Waals surface area contributed by atoms with Gasteiger partial charge in [-0.05, 0) is 59.3 Å². The van der Waals surface area contributed by atoms with E-state index in [2.05, 4.69) is 15.9 Å². The number of fused-ring (bicyclic) bond motifs is 2. The molecule has 1 fully saturated rings. The number of carbonyl (C=O) groups excluding carboxylic acids is 1. The Kier molecular flexibility index (Phi) is 6.53. The first-order valence-corrected chi connectivity index (χ1v) is 12.7. The summed E-state index contributed by atoms with van der Waals surface area (Å²) in [6.45, 7) is 5.80. The van der Waals surface area contributed by atoms with Gasteiger partial charge in [0.2, 0.25) is 5.91 Å². The van der Waals surface area contributed by atoms with Crippen molar-refractivity contribution in [3.8, 4) is 16.9 Å². The minimum Gasteiger partial charge on any atom is -0.508 e. The molecule has 9 heteroatoms. The van der Waals surface area contributed by atoms with Crippen LogP contribution in [0, 0.1) is 5.82 Å². The van der Waals surface area contributed by atoms with E-state index in [1.807, 2.05) is 12.2 Å². The SMILES string of the molecule is C=C(CCO)C(=O)N1CCN(c2snc3c(F)c(-c4cc(O)cc5c4C=CCC5)c(Cl)cc23)CC1. The highest BCUT2D eigenvalue weighted by molar-refractivity contribution is 7.11. The molecule has 1 aliphatic heterocycles. The Balaban J connectivity index is 1.46. The maximum absolute atomic E-state index is 15.9. The van der Waals surface area contributed by atoms with Gasteiger partial charge in [-0.15, -0.1) is 0 Å². The zero-order valence-corrected chi connectivity index (χ0v) is 20.6. The van der Waals surface area contributed by atoms with Crippen molar-refractivity contribution in [2.75, 3.05) is 37.7 Å². The largest absolute Gasteiger partial charge is 0.508 e. The Morgan fingerprint density at radius 2 is 2.00 bits per heavy atom. The molecule has 0 radical (unpaired) electrons. The van der Waals surface area contributed by atoms with Gasteiger partial charge in [0.05, 0.1) is 5.02 Å². The van der Waals surface area contributed by atoms with Crippen molar-refractivity contribution in [2.24, 2.45) is 0 Å². The van der Waals surface area contributed by atoms with Crippen LogP contribution in [0.25, 0.3) is 28.1 Å². The molecule has 2 N–H and O–H groups in total. The number of rotatable bonds is 5. The van der Waals surface area contributed by atoms with Crippen LogP contribution in [-0.2, 0) is 11.2 Å². The third-order valence-corrected chi connectivity index (χ3v) is 7.82. The van der Waals surface area contributed by atoms with Crippen LogP contribution in [-0.4, -0.2) is 58.2 Å². The summed E-state index contributed by atoms with van der Waals surface area (Å²) in [5.41, 5.74) is 3.28. The van der Waals surface area contributed by atoms with Crippen LogP contribution in [0.4, 0.5) is 9.39 Å². The van der Waals surface area contributed by atoms with Gasteiger partial charge >= 0.3 is 0 Å². The Labute approximate surface area is 211 Å². The van der Waals surface area contributed by atoms with Crippen LogP contribution >= 0.6 is 23.1 Å². The van der Waals surface area contributed by atoms with Crippen molar-refractivity contribution in [1.82, 2.24) is 9.27 Å². The van der Waals surface area contributed by atoms with Gasteiger partial charge in [0.15, 0.2) is 5.82 Å². The number of hydrogen-bond donors (Lipinski definition) is 2. The Bertz CT molecular complexity index is 1360. The number of carbonyl (C=O) groups is 1. The number of allylic oxidation sites excluding steroid dienone is 1. The number of aliphatic hydroxyl groups is 1. The van der Waals surface area contributed by atoms with Gasteiger partial charge in [-0.1, -0.05) is 30.3 Å². The minimum absolute atomic E-state index is 0.0812. The number of aromatic nitrogens is 1. The zero-order chi connectivity index (χ0) is 24.7. The van der Waals surface area contributed by atoms with Gasteiger partial charge in [0, 0.05) is 55.7 Å². The second-order valence-corrected chi connectivity index (χ2v) is 9.95. The standard InChI is InChI=1S/C26H25ClFN3O3S/c1-15(6-11-32)25(34)30-7-9-31(10-8-30)26-20-14-21(27)22(23(28)24(20)29-35-26)19-13-17(33)12-16-4-2-3-5-18(16)19/h3,5,12-14,32-33H,1-2,4,6-11H2. The number of hydrogen-bond acceptors (Lipinski definition) is 6. The summed E-state index contributed by atoms with van der Waals surface area (Å²) in [5, 5.41) is 21.0. The van der Waals surface area contributed by atoms with E-state index in [1.54, 1.807) is 23.1 Å². The number of halogens is 2. The first-order valence-electron chi connectivity index (χ1n) is 11.5. The molecule has 0 atom stereocenters. The average Bonchev–Trinajstić information content (AvgIpc) is 3.27. The molecule has 1 amide bonds. The molecular formula is C26H25ClFN3O3S. The third-order valence-electron chi connectivity index (χ3n) is 6.60. The lowest BCUT2D eigenvalue weighted by atomic mass is 9.89. The number of amides is 1. The van der Waals surface area contributed by atoms with E-state index in [-0.39, 0.29) is 40.8 Å². The lowest BCUT2D eigenvalue weighted by Crippen LogP contribution is -2.49. The van der Waals surface area contributed by atoms with Gasteiger partial charge in [-0.3, -0.25) is 4.79 Å². The zero-order valence-electron chi connectivity index (χ0n) is 19.1. The number of nitrogens with zero attached hydrogens (tertiary/aromatic N) is 3. The molecule has 3 aromatic rings. The number of phenolic OH excluding ortho intramolecular Hbond substituents is 1. The highest BCUT2D eigenvalue weighted by Crippen LogP contribution is 2.44. The quantitative estimate of drug-likeness (QED) is 0.469. The molecular weight excluding hydrogens is 489 g/mol. The first kappa shape index (κ1) is 23.8. The predicted molar refractivity (Wildman–Crippen MR) is 139 cm³/mol. The summed E-state index contributed by atoms with van der Waals surface area (Å²) < 4.78 is 20.3. The van der Waals surface area contributed by atoms with E-state index < -0.39 is 5.82 Å². The summed E-state index contributed by atoms with van der Waals surface area (Å²) in [4.78, 5) is 16.3. The van der Waals surface area contributed by atoms with Gasteiger partial charge < -0.3 is 20.0 Å². The average molecular weight is 514 g/mol. The second-order valence-electron chi connectivity index (χ2n) is 8.79. The van der Waals surface area contributed by atoms with Gasteiger partial charge in [-0.25, -0.2) is 4.39 Å². The molecule has 0 spiro atoms.